The molecule has 8 rings (SSSR count). The normalized spacial score (nSPS) is 33.0. The molecule has 11 amide bonds. The first-order valence-corrected chi connectivity index (χ1v) is 37.4. The molecule has 0 aromatic rings. The zero-order valence-electron chi connectivity index (χ0n) is 61.5. The number of nitrogens with one attached hydrogen (secondary N) is 3. The summed E-state index contributed by atoms with van der Waals surface area (Å²) in [6.07, 6.45) is -0.192. The predicted octanol–water partition coefficient (Wildman–Crippen LogP) is 6.64. The van der Waals surface area contributed by atoms with Crippen LogP contribution in [0.15, 0.2) is 12.2 Å². The zero-order chi connectivity index (χ0) is 74.2. The first-order valence-electron chi connectivity index (χ1n) is 37.4. The van der Waals surface area contributed by atoms with E-state index in [1.807, 2.05) is 26.8 Å². The fraction of sp³-hybridized carbons (Fsp3) is 0.822. The van der Waals surface area contributed by atoms with E-state index in [9.17, 15) is 37.1 Å². The Labute approximate surface area is 593 Å². The van der Waals surface area contributed by atoms with Crippen LogP contribution in [0.3, 0.4) is 0 Å². The van der Waals surface area contributed by atoms with Crippen LogP contribution in [0.5, 0.6) is 0 Å². The minimum atomic E-state index is -5.16. The molecular weight excluding hydrogens is 1320 g/mol. The molecule has 8 aliphatic rings. The van der Waals surface area contributed by atoms with Crippen molar-refractivity contribution in [3.63, 3.8) is 0 Å². The molecular formula is C73H114F5N11O12. The van der Waals surface area contributed by atoms with Gasteiger partial charge >= 0.3 is 6.18 Å². The number of likely N-dealkylation sites (N-methyl/N-ethyl adjacent to an activating group) is 5. The van der Waals surface area contributed by atoms with Gasteiger partial charge in [0.1, 0.15) is 66.1 Å². The smallest absolute Gasteiger partial charge is 0.377 e. The summed E-state index contributed by atoms with van der Waals surface area (Å²) < 4.78 is 78.8. The molecule has 28 heteroatoms. The average molecular weight is 1430 g/mol. The third-order valence-corrected chi connectivity index (χ3v) is 23.5. The molecule has 2 unspecified atom stereocenters. The van der Waals surface area contributed by atoms with Crippen LogP contribution in [-0.2, 0) is 57.5 Å². The fourth-order valence-electron chi connectivity index (χ4n) is 17.9. The van der Waals surface area contributed by atoms with Crippen molar-refractivity contribution in [2.45, 2.75) is 274 Å². The molecule has 1 spiro atoms. The van der Waals surface area contributed by atoms with E-state index in [4.69, 9.17) is 4.74 Å². The lowest BCUT2D eigenvalue weighted by atomic mass is 9.58. The van der Waals surface area contributed by atoms with E-state index in [2.05, 4.69) is 16.0 Å². The second-order valence-electron chi connectivity index (χ2n) is 31.5. The van der Waals surface area contributed by atoms with Crippen LogP contribution in [0.4, 0.5) is 22.0 Å². The van der Waals surface area contributed by atoms with Gasteiger partial charge in [-0.25, -0.2) is 8.78 Å². The van der Waals surface area contributed by atoms with Gasteiger partial charge in [0.05, 0.1) is 19.2 Å². The third-order valence-electron chi connectivity index (χ3n) is 23.5. The number of fused-ring (bicyclic) bond motifs is 4. The van der Waals surface area contributed by atoms with E-state index in [-0.39, 0.29) is 102 Å². The molecule has 4 aliphatic heterocycles. The lowest BCUT2D eigenvalue weighted by Crippen LogP contribution is -2.71. The molecule has 2 bridgehead atoms. The quantitative estimate of drug-likeness (QED) is 0.145. The molecule has 4 heterocycles. The van der Waals surface area contributed by atoms with Gasteiger partial charge in [-0.3, -0.25) is 52.7 Å². The number of nitrogens with zero attached hydrogens (tertiary/aromatic N) is 8. The number of alkyl halides is 5. The van der Waals surface area contributed by atoms with Crippen LogP contribution in [-0.4, -0.2) is 257 Å². The van der Waals surface area contributed by atoms with Crippen molar-refractivity contribution in [2.24, 2.45) is 35.0 Å². The number of halogens is 5. The highest BCUT2D eigenvalue weighted by molar-refractivity contribution is 6.00. The first kappa shape index (κ1) is 80.2. The largest absolute Gasteiger partial charge is 0.397 e. The summed E-state index contributed by atoms with van der Waals surface area (Å²) in [5.74, 6) is -11.4. The van der Waals surface area contributed by atoms with Gasteiger partial charge in [-0.2, -0.15) is 13.2 Å². The molecule has 3 saturated heterocycles. The number of rotatable bonds is 11. The van der Waals surface area contributed by atoms with Gasteiger partial charge in [-0.15, -0.1) is 0 Å². The molecule has 7 fully saturated rings. The lowest BCUT2D eigenvalue weighted by Gasteiger charge is -2.54. The molecule has 4 aliphatic carbocycles. The Balaban J connectivity index is 1.17. The standard InChI is InChI=1S/C73H114F5N11O12/c1-12-44(4)61-68(98)83(8)41-59(92)85(10)54-29-19-16-22-32-88(67(54)97)56(36-45-24-17-15-18-25-45)66(96)82(7)40-57(90)79-52(31-30-46-34-50(74)60(51(75)35-46)73(76,77)78)65(95)89-39-49(101-14-3)38-55(89)64(94)81-72(42-71(5,6)43-72)70(100)86(11)62(47-26-20-21-27-47)69(99)87-33-23-28-48(87)37-58(91)84(9)53(13-2)63(93)80-61/h16,19,44-56,60-62H,12-15,17-18,20-43H2,1-11H3,(H,79,90)(H,80,93)(H,81,94)/b19-16-/t44-,46?,48+,49+,50?,51?,52-,53-,54-,55-,56-,60?,61-,62-/m0/s1. The number of amides is 11. The molecule has 12 atom stereocenters. The van der Waals surface area contributed by atoms with E-state index < -0.39 is 187 Å². The van der Waals surface area contributed by atoms with Crippen molar-refractivity contribution in [3.8, 4) is 0 Å². The van der Waals surface area contributed by atoms with Crippen molar-refractivity contribution in [2.75, 3.05) is 74.6 Å². The van der Waals surface area contributed by atoms with Crippen molar-refractivity contribution in [1.82, 2.24) is 55.1 Å². The Morgan fingerprint density at radius 1 is 0.624 bits per heavy atom. The molecule has 4 saturated carbocycles. The van der Waals surface area contributed by atoms with Gasteiger partial charge in [0.2, 0.25) is 65.0 Å². The lowest BCUT2D eigenvalue weighted by molar-refractivity contribution is -0.219. The number of carbonyl (C=O) groups is 11. The monoisotopic (exact) mass is 1430 g/mol. The Kier molecular flexibility index (Phi) is 27.3. The summed E-state index contributed by atoms with van der Waals surface area (Å²) in [7, 11) is 7.29. The van der Waals surface area contributed by atoms with Gasteiger partial charge in [-0.1, -0.05) is 98.1 Å². The fourth-order valence-corrected chi connectivity index (χ4v) is 17.9. The topological polar surface area (TPSA) is 259 Å². The van der Waals surface area contributed by atoms with E-state index in [0.717, 1.165) is 49.8 Å². The van der Waals surface area contributed by atoms with E-state index >= 15 is 37.5 Å². The summed E-state index contributed by atoms with van der Waals surface area (Å²) in [5.41, 5.74) is -2.10. The maximum absolute atomic E-state index is 15.7. The predicted molar refractivity (Wildman–Crippen MR) is 366 cm³/mol. The van der Waals surface area contributed by atoms with Gasteiger partial charge in [-0.05, 0) is 126 Å². The Morgan fingerprint density at radius 2 is 1.27 bits per heavy atom. The Hall–Kier alpha value is -6.48. The number of hydrogen-bond donors (Lipinski definition) is 3. The van der Waals surface area contributed by atoms with Gasteiger partial charge < -0.3 is 59.9 Å². The minimum Gasteiger partial charge on any atom is -0.377 e. The van der Waals surface area contributed by atoms with Gasteiger partial charge in [0.15, 0.2) is 0 Å². The van der Waals surface area contributed by atoms with Crippen LogP contribution in [0.1, 0.15) is 196 Å². The van der Waals surface area contributed by atoms with Crippen LogP contribution in [0, 0.1) is 35.0 Å². The second-order valence-corrected chi connectivity index (χ2v) is 31.5. The van der Waals surface area contributed by atoms with Crippen LogP contribution in [0.2, 0.25) is 0 Å². The van der Waals surface area contributed by atoms with E-state index in [0.29, 0.717) is 38.5 Å². The van der Waals surface area contributed by atoms with Crippen molar-refractivity contribution in [1.29, 1.82) is 0 Å². The molecule has 3 N–H and O–H groups in total. The summed E-state index contributed by atoms with van der Waals surface area (Å²) in [6, 6.07) is -9.11. The van der Waals surface area contributed by atoms with Crippen LogP contribution < -0.4 is 16.0 Å². The van der Waals surface area contributed by atoms with Crippen LogP contribution >= 0.6 is 0 Å². The summed E-state index contributed by atoms with van der Waals surface area (Å²) in [5, 5.41) is 8.72. The molecule has 101 heavy (non-hydrogen) atoms. The third kappa shape index (κ3) is 18.9. The molecule has 568 valence electrons. The van der Waals surface area contributed by atoms with Gasteiger partial charge in [0.25, 0.3) is 0 Å². The molecule has 23 nitrogen and oxygen atoms in total. The Bertz CT molecular complexity index is 3000. The number of carbonyl (C=O) groups excluding carboxylic acids is 11. The van der Waals surface area contributed by atoms with Crippen molar-refractivity contribution in [3.05, 3.63) is 12.2 Å². The highest BCUT2D eigenvalue weighted by Gasteiger charge is 2.60. The van der Waals surface area contributed by atoms with E-state index in [1.54, 1.807) is 38.8 Å². The summed E-state index contributed by atoms with van der Waals surface area (Å²) in [6.45, 7) is 10.0. The number of ether oxygens (including phenoxy) is 1. The SMILES string of the molecule is CCO[C@@H]1C[C@H]2C(=O)NC3(CC(C)(C)C3)C(=O)N(C)[C@@H](C3CCCC3)C(=O)N3CCC[C@@H]3CC(=O)N(C)[C@@H](CC)C(=O)N[C@@H]([C@@H](C)CC)C(=O)N(C)CC(=O)N(C)[C@H]3C/C=C\CCN(C3=O)[C@@H](CC3CCCCC3)C(=O)N(C)CC(=O)N[C@@H](CCC3CC(F)C(C(F)(F)F)C(F)C3)C(=O)N2C1. The molecule has 0 radical (unpaired) electrons. The highest BCUT2D eigenvalue weighted by atomic mass is 19.4. The van der Waals surface area contributed by atoms with Crippen LogP contribution in [0.25, 0.3) is 0 Å². The van der Waals surface area contributed by atoms with E-state index in [1.165, 1.54) is 57.6 Å². The Morgan fingerprint density at radius 3 is 1.88 bits per heavy atom. The zero-order valence-corrected chi connectivity index (χ0v) is 61.5. The molecule has 0 aromatic heterocycles. The number of hydrogen-bond acceptors (Lipinski definition) is 12. The minimum absolute atomic E-state index is 0.0165. The van der Waals surface area contributed by atoms with Gasteiger partial charge in [0, 0.05) is 80.4 Å². The maximum Gasteiger partial charge on any atom is 0.397 e. The first-order chi connectivity index (χ1) is 47.6. The highest BCUT2D eigenvalue weighted by Crippen LogP contribution is 2.50. The van der Waals surface area contributed by atoms with Crippen molar-refractivity contribution >= 4 is 65.0 Å². The molecule has 0 aromatic carbocycles. The maximum atomic E-state index is 15.7. The second kappa shape index (κ2) is 34.4. The average Bonchev–Trinajstić information content (AvgIpc) is 0.988. The summed E-state index contributed by atoms with van der Waals surface area (Å²) >= 11 is 0. The van der Waals surface area contributed by atoms with Crippen molar-refractivity contribution < 1.29 is 79.4 Å². The summed E-state index contributed by atoms with van der Waals surface area (Å²) in [4.78, 5) is 176.